The van der Waals surface area contributed by atoms with Gasteiger partial charge in [0, 0.05) is 24.4 Å². The van der Waals surface area contributed by atoms with Gasteiger partial charge in [-0.15, -0.1) is 0 Å². The molecule has 3 nitrogen and oxygen atoms in total. The van der Waals surface area contributed by atoms with Gasteiger partial charge in [0.1, 0.15) is 0 Å². The number of thioether (sulfide) groups is 1. The highest BCUT2D eigenvalue weighted by Gasteiger charge is 2.24. The maximum absolute atomic E-state index is 5.27. The zero-order valence-corrected chi connectivity index (χ0v) is 13.3. The van der Waals surface area contributed by atoms with Crippen molar-refractivity contribution >= 4 is 29.1 Å². The van der Waals surface area contributed by atoms with Crippen molar-refractivity contribution in [3.05, 3.63) is 0 Å². The Morgan fingerprint density at radius 1 is 1.41 bits per heavy atom. The van der Waals surface area contributed by atoms with E-state index in [1.54, 1.807) is 7.11 Å². The summed E-state index contributed by atoms with van der Waals surface area (Å²) in [5.74, 6) is 0. The lowest BCUT2D eigenvalue weighted by Crippen LogP contribution is -2.47. The minimum atomic E-state index is 0.243. The predicted octanol–water partition coefficient (Wildman–Crippen LogP) is 2.41. The lowest BCUT2D eigenvalue weighted by atomic mass is 10.0. The molecule has 0 aromatic carbocycles. The lowest BCUT2D eigenvalue weighted by Gasteiger charge is -2.30. The fraction of sp³-hybridized carbons (Fsp3) is 0.917. The van der Waals surface area contributed by atoms with Crippen LogP contribution in [-0.4, -0.2) is 42.4 Å². The molecule has 2 N–H and O–H groups in total. The molecule has 0 saturated carbocycles. The Morgan fingerprint density at radius 3 is 2.41 bits per heavy atom. The Bertz CT molecular complexity index is 212. The molecule has 0 aliphatic heterocycles. The summed E-state index contributed by atoms with van der Waals surface area (Å²) in [5.41, 5.74) is 0. The summed E-state index contributed by atoms with van der Waals surface area (Å²) in [5, 5.41) is 7.24. The van der Waals surface area contributed by atoms with E-state index in [1.165, 1.54) is 0 Å². The third-order valence-corrected chi connectivity index (χ3v) is 4.94. The van der Waals surface area contributed by atoms with Gasteiger partial charge < -0.3 is 15.4 Å². The van der Waals surface area contributed by atoms with Gasteiger partial charge in [-0.25, -0.2) is 0 Å². The summed E-state index contributed by atoms with van der Waals surface area (Å²) in [7, 11) is 1.70. The minimum absolute atomic E-state index is 0.243. The second-order valence-electron chi connectivity index (χ2n) is 4.28. The maximum atomic E-state index is 5.27. The SMILES string of the molecule is CCC(CC)(CNC(=S)NC(C)COC)SC. The predicted molar refractivity (Wildman–Crippen MR) is 81.9 cm³/mol. The van der Waals surface area contributed by atoms with Crippen LogP contribution in [0, 0.1) is 0 Å². The summed E-state index contributed by atoms with van der Waals surface area (Å²) < 4.78 is 5.35. The molecule has 17 heavy (non-hydrogen) atoms. The molecule has 102 valence electrons. The summed E-state index contributed by atoms with van der Waals surface area (Å²) in [6.07, 6.45) is 4.46. The first-order chi connectivity index (χ1) is 8.03. The van der Waals surface area contributed by atoms with E-state index in [9.17, 15) is 0 Å². The largest absolute Gasteiger partial charge is 0.383 e. The molecule has 0 aromatic heterocycles. The molecule has 0 saturated heterocycles. The van der Waals surface area contributed by atoms with Crippen molar-refractivity contribution in [2.45, 2.75) is 44.4 Å². The number of thiocarbonyl (C=S) groups is 1. The molecule has 5 heteroatoms. The van der Waals surface area contributed by atoms with Gasteiger partial charge >= 0.3 is 0 Å². The van der Waals surface area contributed by atoms with Crippen molar-refractivity contribution in [1.82, 2.24) is 10.6 Å². The summed E-state index contributed by atoms with van der Waals surface area (Å²) in [6.45, 7) is 8.08. The zero-order valence-electron chi connectivity index (χ0n) is 11.6. The normalized spacial score (nSPS) is 13.2. The monoisotopic (exact) mass is 278 g/mol. The van der Waals surface area contributed by atoms with Gasteiger partial charge in [0.15, 0.2) is 5.11 Å². The molecule has 1 unspecified atom stereocenters. The molecule has 0 radical (unpaired) electrons. The first-order valence-electron chi connectivity index (χ1n) is 6.12. The van der Waals surface area contributed by atoms with E-state index in [1.807, 2.05) is 11.8 Å². The maximum Gasteiger partial charge on any atom is 0.166 e. The van der Waals surface area contributed by atoms with Crippen LogP contribution in [0.5, 0.6) is 0 Å². The van der Waals surface area contributed by atoms with Gasteiger partial charge in [0.2, 0.25) is 0 Å². The van der Waals surface area contributed by atoms with Crippen LogP contribution in [0.25, 0.3) is 0 Å². The summed E-state index contributed by atoms with van der Waals surface area (Å²) in [4.78, 5) is 0. The number of methoxy groups -OCH3 is 1. The van der Waals surface area contributed by atoms with Crippen LogP contribution in [0.4, 0.5) is 0 Å². The zero-order chi connectivity index (χ0) is 13.3. The van der Waals surface area contributed by atoms with Gasteiger partial charge in [-0.1, -0.05) is 13.8 Å². The van der Waals surface area contributed by atoms with Crippen LogP contribution in [0.2, 0.25) is 0 Å². The third kappa shape index (κ3) is 6.48. The number of rotatable bonds is 8. The van der Waals surface area contributed by atoms with E-state index in [0.29, 0.717) is 6.61 Å². The standard InChI is InChI=1S/C12H26N2OS2/c1-6-12(7-2,17-5)9-13-11(16)14-10(3)8-15-4/h10H,6-9H2,1-5H3,(H2,13,14,16). The molecular weight excluding hydrogens is 252 g/mol. The van der Waals surface area contributed by atoms with Crippen molar-refractivity contribution in [1.29, 1.82) is 0 Å². The van der Waals surface area contributed by atoms with Crippen molar-refractivity contribution in [3.63, 3.8) is 0 Å². The minimum Gasteiger partial charge on any atom is -0.383 e. The van der Waals surface area contributed by atoms with E-state index in [0.717, 1.165) is 24.5 Å². The fourth-order valence-electron chi connectivity index (χ4n) is 1.67. The quantitative estimate of drug-likeness (QED) is 0.666. The lowest BCUT2D eigenvalue weighted by molar-refractivity contribution is 0.179. The first-order valence-corrected chi connectivity index (χ1v) is 7.75. The molecular formula is C12H26N2OS2. The first kappa shape index (κ1) is 17.0. The van der Waals surface area contributed by atoms with E-state index >= 15 is 0 Å². The molecule has 0 spiro atoms. The fourth-order valence-corrected chi connectivity index (χ4v) is 2.74. The van der Waals surface area contributed by atoms with Crippen LogP contribution in [-0.2, 0) is 4.74 Å². The van der Waals surface area contributed by atoms with Gasteiger partial charge in [-0.2, -0.15) is 11.8 Å². The highest BCUT2D eigenvalue weighted by Crippen LogP contribution is 2.29. The van der Waals surface area contributed by atoms with Crippen molar-refractivity contribution in [2.24, 2.45) is 0 Å². The molecule has 0 aromatic rings. The summed E-state index contributed by atoms with van der Waals surface area (Å²) >= 11 is 7.18. The Morgan fingerprint density at radius 2 is 2.00 bits per heavy atom. The average Bonchev–Trinajstić information content (AvgIpc) is 2.32. The number of hydrogen-bond acceptors (Lipinski definition) is 3. The molecule has 0 heterocycles. The topological polar surface area (TPSA) is 33.3 Å². The highest BCUT2D eigenvalue weighted by molar-refractivity contribution is 8.00. The Hall–Kier alpha value is -0.0000000000000000555. The second kappa shape index (κ2) is 9.00. The molecule has 0 aliphatic carbocycles. The van der Waals surface area contributed by atoms with E-state index < -0.39 is 0 Å². The average molecular weight is 278 g/mol. The van der Waals surface area contributed by atoms with Crippen LogP contribution in [0.3, 0.4) is 0 Å². The molecule has 0 aliphatic rings. The van der Waals surface area contributed by atoms with E-state index in [-0.39, 0.29) is 10.8 Å². The van der Waals surface area contributed by atoms with Gasteiger partial charge in [0.25, 0.3) is 0 Å². The van der Waals surface area contributed by atoms with Crippen molar-refractivity contribution in [3.8, 4) is 0 Å². The molecule has 0 bridgehead atoms. The molecule has 1 atom stereocenters. The number of ether oxygens (including phenoxy) is 1. The third-order valence-electron chi connectivity index (χ3n) is 3.09. The van der Waals surface area contributed by atoms with Crippen LogP contribution in [0.1, 0.15) is 33.6 Å². The van der Waals surface area contributed by atoms with E-state index in [4.69, 9.17) is 17.0 Å². The number of hydrogen-bond donors (Lipinski definition) is 2. The van der Waals surface area contributed by atoms with E-state index in [2.05, 4.69) is 37.7 Å². The second-order valence-corrected chi connectivity index (χ2v) is 5.96. The number of nitrogens with one attached hydrogen (secondary N) is 2. The van der Waals surface area contributed by atoms with Crippen LogP contribution >= 0.6 is 24.0 Å². The van der Waals surface area contributed by atoms with Gasteiger partial charge in [-0.3, -0.25) is 0 Å². The van der Waals surface area contributed by atoms with Gasteiger partial charge in [0.05, 0.1) is 6.61 Å². The summed E-state index contributed by atoms with van der Waals surface area (Å²) in [6, 6.07) is 0.243. The van der Waals surface area contributed by atoms with Gasteiger partial charge in [-0.05, 0) is 38.2 Å². The molecule has 0 amide bonds. The van der Waals surface area contributed by atoms with Crippen LogP contribution < -0.4 is 10.6 Å². The van der Waals surface area contributed by atoms with Crippen molar-refractivity contribution < 1.29 is 4.74 Å². The molecule has 0 fully saturated rings. The van der Waals surface area contributed by atoms with Crippen molar-refractivity contribution in [2.75, 3.05) is 26.5 Å². The highest BCUT2D eigenvalue weighted by atomic mass is 32.2. The molecule has 0 rings (SSSR count). The Labute approximate surface area is 115 Å². The van der Waals surface area contributed by atoms with Crippen LogP contribution in [0.15, 0.2) is 0 Å². The Balaban J connectivity index is 4.04. The smallest absolute Gasteiger partial charge is 0.166 e. The Kier molecular flexibility index (Phi) is 9.00.